The zero-order valence-electron chi connectivity index (χ0n) is 17.1. The van der Waals surface area contributed by atoms with Crippen molar-refractivity contribution in [2.45, 2.75) is 76.8 Å². The molecule has 4 nitrogen and oxygen atoms in total. The van der Waals surface area contributed by atoms with Crippen molar-refractivity contribution < 1.29 is 18.8 Å². The minimum Gasteiger partial charge on any atom is -0.457 e. The molecule has 2 fully saturated rings. The van der Waals surface area contributed by atoms with E-state index in [1.807, 2.05) is 12.2 Å². The van der Waals surface area contributed by atoms with Gasteiger partial charge < -0.3 is 9.16 Å². The third-order valence-corrected chi connectivity index (χ3v) is 11.3. The smallest absolute Gasteiger partial charge is 0.317 e. The Morgan fingerprint density at radius 3 is 2.19 bits per heavy atom. The van der Waals surface area contributed by atoms with Crippen molar-refractivity contribution >= 4 is 20.1 Å². The summed E-state index contributed by atoms with van der Waals surface area (Å²) < 4.78 is 12.1. The van der Waals surface area contributed by atoms with Crippen LogP contribution >= 0.6 is 0 Å². The maximum absolute atomic E-state index is 13.0. The highest BCUT2D eigenvalue weighted by Crippen LogP contribution is 2.52. The topological polar surface area (TPSA) is 52.6 Å². The monoisotopic (exact) mass is 378 g/mol. The molecule has 1 unspecified atom stereocenters. The molecule has 0 N–H and O–H groups in total. The van der Waals surface area contributed by atoms with E-state index in [2.05, 4.69) is 47.0 Å². The van der Waals surface area contributed by atoms with Crippen molar-refractivity contribution in [3.8, 4) is 0 Å². The van der Waals surface area contributed by atoms with Gasteiger partial charge in [0.2, 0.25) is 0 Å². The van der Waals surface area contributed by atoms with E-state index in [1.165, 1.54) is 0 Å². The van der Waals surface area contributed by atoms with Gasteiger partial charge in [0, 0.05) is 18.3 Å². The van der Waals surface area contributed by atoms with E-state index in [9.17, 15) is 9.59 Å². The lowest BCUT2D eigenvalue weighted by atomic mass is 9.78. The summed E-state index contributed by atoms with van der Waals surface area (Å²) in [5, 5.41) is 0.00622. The molecule has 146 valence electrons. The molecule has 1 saturated carbocycles. The number of carbonyl (C=O) groups is 2. The van der Waals surface area contributed by atoms with Crippen LogP contribution < -0.4 is 0 Å². The Labute approximate surface area is 159 Å². The Hall–Kier alpha value is -1.20. The minimum atomic E-state index is -2.09. The zero-order valence-corrected chi connectivity index (χ0v) is 18.1. The number of hydrogen-bond donors (Lipinski definition) is 0. The second-order valence-corrected chi connectivity index (χ2v) is 14.1. The lowest BCUT2D eigenvalue weighted by molar-refractivity contribution is -0.155. The van der Waals surface area contributed by atoms with E-state index < -0.39 is 31.9 Å². The van der Waals surface area contributed by atoms with Crippen LogP contribution in [0.5, 0.6) is 0 Å². The first-order valence-corrected chi connectivity index (χ1v) is 12.5. The van der Waals surface area contributed by atoms with E-state index >= 15 is 0 Å². The van der Waals surface area contributed by atoms with E-state index in [4.69, 9.17) is 9.16 Å². The summed E-state index contributed by atoms with van der Waals surface area (Å²) in [4.78, 5) is 25.6. The third kappa shape index (κ3) is 3.48. The van der Waals surface area contributed by atoms with Gasteiger partial charge in [-0.1, -0.05) is 32.9 Å². The van der Waals surface area contributed by atoms with E-state index in [1.54, 1.807) is 6.92 Å². The van der Waals surface area contributed by atoms with Crippen LogP contribution in [0.25, 0.3) is 0 Å². The number of ether oxygens (including phenoxy) is 1. The predicted molar refractivity (Wildman–Crippen MR) is 106 cm³/mol. The standard InChI is InChI=1S/C21H34O4Si/c1-9-15-11-12-16(10-2)21(15)13-17(19(23)24-21)18(22)14(3)25-26(7,8)20(4,5)6/h9-10,14-17H,1-2,11-13H2,3-8H3/t14-,15-,16-,17?/m0/s1. The molecule has 0 aromatic heterocycles. The average Bonchev–Trinajstić information content (AvgIpc) is 3.04. The van der Waals surface area contributed by atoms with Crippen LogP contribution in [-0.4, -0.2) is 31.8 Å². The molecule has 1 heterocycles. The molecule has 4 atom stereocenters. The molecule has 26 heavy (non-hydrogen) atoms. The number of esters is 1. The highest BCUT2D eigenvalue weighted by atomic mass is 28.4. The molecule has 1 aliphatic heterocycles. The fourth-order valence-corrected chi connectivity index (χ4v) is 5.44. The Bertz CT molecular complexity index is 586. The van der Waals surface area contributed by atoms with Gasteiger partial charge >= 0.3 is 5.97 Å². The highest BCUT2D eigenvalue weighted by molar-refractivity contribution is 6.74. The largest absolute Gasteiger partial charge is 0.457 e. The van der Waals surface area contributed by atoms with Gasteiger partial charge in [-0.2, -0.15) is 0 Å². The lowest BCUT2D eigenvalue weighted by Gasteiger charge is -2.38. The summed E-state index contributed by atoms with van der Waals surface area (Å²) in [5.41, 5.74) is -0.655. The van der Waals surface area contributed by atoms with Gasteiger partial charge in [0.25, 0.3) is 0 Å². The summed E-state index contributed by atoms with van der Waals surface area (Å²) in [5.74, 6) is -1.18. The zero-order chi connectivity index (χ0) is 19.9. The van der Waals surface area contributed by atoms with Crippen LogP contribution in [0.3, 0.4) is 0 Å². The molecule has 1 aliphatic carbocycles. The molecule has 5 heteroatoms. The predicted octanol–water partition coefficient (Wildman–Crippen LogP) is 4.67. The molecule has 1 spiro atoms. The Morgan fingerprint density at radius 2 is 1.77 bits per heavy atom. The van der Waals surface area contributed by atoms with E-state index in [0.717, 1.165) is 12.8 Å². The number of ketones is 1. The molecular formula is C21H34O4Si. The summed E-state index contributed by atoms with van der Waals surface area (Å²) in [6.45, 7) is 20.2. The van der Waals surface area contributed by atoms with Crippen molar-refractivity contribution in [1.82, 2.24) is 0 Å². The van der Waals surface area contributed by atoms with Crippen LogP contribution in [0.4, 0.5) is 0 Å². The van der Waals surface area contributed by atoms with Crippen molar-refractivity contribution in [3.05, 3.63) is 25.3 Å². The second-order valence-electron chi connectivity index (χ2n) is 9.32. The van der Waals surface area contributed by atoms with Gasteiger partial charge in [0.05, 0.1) is 0 Å². The molecule has 0 radical (unpaired) electrons. The van der Waals surface area contributed by atoms with Gasteiger partial charge in [0.15, 0.2) is 14.1 Å². The average molecular weight is 379 g/mol. The normalized spacial score (nSPS) is 29.5. The summed E-state index contributed by atoms with van der Waals surface area (Å²) in [6.07, 6.45) is 5.34. The second kappa shape index (κ2) is 7.08. The summed E-state index contributed by atoms with van der Waals surface area (Å²) >= 11 is 0. The first kappa shape index (κ1) is 21.1. The number of hydrogen-bond acceptors (Lipinski definition) is 4. The quantitative estimate of drug-likeness (QED) is 0.292. The fourth-order valence-electron chi connectivity index (χ4n) is 4.09. The summed E-state index contributed by atoms with van der Waals surface area (Å²) in [6, 6.07) is 0. The van der Waals surface area contributed by atoms with Gasteiger partial charge in [-0.05, 0) is 37.9 Å². The SMILES string of the molecule is C=C[C@H]1CC[C@H](C=C)C12CC(C(=O)[C@H](C)O[Si](C)(C)C(C)(C)C)C(=O)O2. The molecular weight excluding hydrogens is 344 g/mol. The molecule has 0 bridgehead atoms. The third-order valence-electron chi connectivity index (χ3n) is 6.73. The molecule has 0 aromatic carbocycles. The van der Waals surface area contributed by atoms with Crippen LogP contribution in [0.15, 0.2) is 25.3 Å². The number of rotatable bonds is 6. The Kier molecular flexibility index (Phi) is 5.75. The van der Waals surface area contributed by atoms with Crippen LogP contribution in [0, 0.1) is 17.8 Å². The molecule has 0 aromatic rings. The molecule has 0 amide bonds. The fraction of sp³-hybridized carbons (Fsp3) is 0.714. The lowest BCUT2D eigenvalue weighted by Crippen LogP contribution is -2.46. The van der Waals surface area contributed by atoms with Gasteiger partial charge in [0.1, 0.15) is 17.6 Å². The minimum absolute atomic E-state index is 0.00622. The first-order chi connectivity index (χ1) is 11.9. The highest BCUT2D eigenvalue weighted by Gasteiger charge is 2.59. The van der Waals surface area contributed by atoms with Crippen LogP contribution in [0.2, 0.25) is 18.1 Å². The number of carbonyl (C=O) groups excluding carboxylic acids is 2. The first-order valence-electron chi connectivity index (χ1n) is 9.59. The van der Waals surface area contributed by atoms with Crippen molar-refractivity contribution in [2.24, 2.45) is 17.8 Å². The van der Waals surface area contributed by atoms with E-state index in [-0.39, 0.29) is 22.7 Å². The van der Waals surface area contributed by atoms with Crippen molar-refractivity contribution in [2.75, 3.05) is 0 Å². The van der Waals surface area contributed by atoms with Crippen LogP contribution in [-0.2, 0) is 18.8 Å². The molecule has 2 rings (SSSR count). The summed E-state index contributed by atoms with van der Waals surface area (Å²) in [7, 11) is -2.09. The molecule has 1 saturated heterocycles. The Morgan fingerprint density at radius 1 is 1.27 bits per heavy atom. The Balaban J connectivity index is 2.19. The van der Waals surface area contributed by atoms with E-state index in [0.29, 0.717) is 6.42 Å². The maximum Gasteiger partial charge on any atom is 0.317 e. The van der Waals surface area contributed by atoms with Crippen molar-refractivity contribution in [3.63, 3.8) is 0 Å². The van der Waals surface area contributed by atoms with Gasteiger partial charge in [-0.15, -0.1) is 13.2 Å². The molecule has 2 aliphatic rings. The van der Waals surface area contributed by atoms with Gasteiger partial charge in [-0.25, -0.2) is 0 Å². The number of Topliss-reactive ketones (excluding diaryl/α,β-unsaturated/α-hetero) is 1. The van der Waals surface area contributed by atoms with Crippen LogP contribution in [0.1, 0.15) is 47.0 Å². The van der Waals surface area contributed by atoms with Crippen molar-refractivity contribution in [1.29, 1.82) is 0 Å². The maximum atomic E-state index is 13.0. The van der Waals surface area contributed by atoms with Gasteiger partial charge in [-0.3, -0.25) is 9.59 Å².